The van der Waals surface area contributed by atoms with Crippen LogP contribution >= 0.6 is 22.7 Å². The van der Waals surface area contributed by atoms with Crippen LogP contribution in [-0.2, 0) is 11.2 Å². The zero-order chi connectivity index (χ0) is 17.8. The highest BCUT2D eigenvalue weighted by molar-refractivity contribution is 7.21. The molecule has 6 heteroatoms. The first-order valence-corrected chi connectivity index (χ1v) is 9.71. The number of carbonyl (C=O) groups excluding carboxylic acids is 1. The van der Waals surface area contributed by atoms with Gasteiger partial charge in [0.1, 0.15) is 10.8 Å². The number of nitrogens with zero attached hydrogens (tertiary/aromatic N) is 1. The molecule has 0 radical (unpaired) electrons. The Morgan fingerprint density at radius 1 is 1.28 bits per heavy atom. The molecule has 2 aromatic heterocycles. The van der Waals surface area contributed by atoms with Gasteiger partial charge >= 0.3 is 0 Å². The molecule has 0 saturated carbocycles. The van der Waals surface area contributed by atoms with Gasteiger partial charge in [0, 0.05) is 22.4 Å². The fourth-order valence-electron chi connectivity index (χ4n) is 2.55. The van der Waals surface area contributed by atoms with Crippen LogP contribution in [0.1, 0.15) is 22.6 Å². The van der Waals surface area contributed by atoms with Crippen molar-refractivity contribution in [2.24, 2.45) is 0 Å². The summed E-state index contributed by atoms with van der Waals surface area (Å²) in [6.45, 7) is 4.01. The maximum absolute atomic E-state index is 12.3. The molecule has 3 aromatic rings. The van der Waals surface area contributed by atoms with Crippen LogP contribution in [0.4, 0.5) is 5.69 Å². The van der Waals surface area contributed by atoms with Crippen molar-refractivity contribution in [2.75, 3.05) is 12.4 Å². The van der Waals surface area contributed by atoms with Gasteiger partial charge in [0.05, 0.1) is 17.7 Å². The minimum Gasteiger partial charge on any atom is -0.496 e. The summed E-state index contributed by atoms with van der Waals surface area (Å²) in [4.78, 5) is 19.0. The van der Waals surface area contributed by atoms with Gasteiger partial charge in [-0.15, -0.1) is 22.7 Å². The molecule has 0 atom stereocenters. The van der Waals surface area contributed by atoms with Crippen molar-refractivity contribution >= 4 is 34.3 Å². The molecule has 0 unspecified atom stereocenters. The number of amides is 1. The van der Waals surface area contributed by atoms with Crippen molar-refractivity contribution in [2.45, 2.75) is 26.7 Å². The van der Waals surface area contributed by atoms with E-state index in [2.05, 4.69) is 10.3 Å². The molecule has 0 fully saturated rings. The molecule has 2 heterocycles. The Labute approximate surface area is 155 Å². The summed E-state index contributed by atoms with van der Waals surface area (Å²) in [6, 6.07) is 9.81. The molecule has 0 aliphatic carbocycles. The third kappa shape index (κ3) is 4.27. The van der Waals surface area contributed by atoms with E-state index >= 15 is 0 Å². The fraction of sp³-hybridized carbons (Fsp3) is 0.263. The number of hydrogen-bond donors (Lipinski definition) is 1. The number of methoxy groups -OCH3 is 1. The monoisotopic (exact) mass is 372 g/mol. The molecule has 3 rings (SSSR count). The van der Waals surface area contributed by atoms with E-state index in [1.807, 2.05) is 49.6 Å². The fourth-order valence-corrected chi connectivity index (χ4v) is 4.38. The molecule has 130 valence electrons. The molecule has 1 amide bonds. The summed E-state index contributed by atoms with van der Waals surface area (Å²) < 4.78 is 5.33. The van der Waals surface area contributed by atoms with E-state index in [0.29, 0.717) is 12.8 Å². The quantitative estimate of drug-likeness (QED) is 0.657. The summed E-state index contributed by atoms with van der Waals surface area (Å²) in [5.41, 5.74) is 2.94. The zero-order valence-corrected chi connectivity index (χ0v) is 16.1. The Balaban J connectivity index is 1.64. The predicted molar refractivity (Wildman–Crippen MR) is 105 cm³/mol. The topological polar surface area (TPSA) is 51.2 Å². The third-order valence-electron chi connectivity index (χ3n) is 3.84. The van der Waals surface area contributed by atoms with Crippen molar-refractivity contribution in [3.05, 3.63) is 51.8 Å². The van der Waals surface area contributed by atoms with Gasteiger partial charge in [-0.1, -0.05) is 18.2 Å². The second-order valence-electron chi connectivity index (χ2n) is 5.73. The number of thiophene rings is 1. The minimum absolute atomic E-state index is 0.00803. The first kappa shape index (κ1) is 17.6. The lowest BCUT2D eigenvalue weighted by Gasteiger charge is -2.08. The largest absolute Gasteiger partial charge is 0.496 e. The number of aryl methyl sites for hydroxylation is 3. The normalized spacial score (nSPS) is 10.7. The Morgan fingerprint density at radius 2 is 2.08 bits per heavy atom. The Bertz CT molecular complexity index is 883. The first-order chi connectivity index (χ1) is 12.1. The number of thiazole rings is 1. The summed E-state index contributed by atoms with van der Waals surface area (Å²) in [5, 5.41) is 6.06. The average Bonchev–Trinajstić information content (AvgIpc) is 3.19. The van der Waals surface area contributed by atoms with Crippen LogP contribution < -0.4 is 10.1 Å². The van der Waals surface area contributed by atoms with Gasteiger partial charge in [-0.2, -0.15) is 0 Å². The number of ether oxygens (including phenoxy) is 1. The Hall–Kier alpha value is -2.18. The predicted octanol–water partition coefficient (Wildman–Crippen LogP) is 5.07. The van der Waals surface area contributed by atoms with E-state index in [1.165, 1.54) is 0 Å². The smallest absolute Gasteiger partial charge is 0.224 e. The average molecular weight is 373 g/mol. The van der Waals surface area contributed by atoms with Crippen molar-refractivity contribution in [3.63, 3.8) is 0 Å². The Kier molecular flexibility index (Phi) is 5.50. The molecule has 0 spiro atoms. The van der Waals surface area contributed by atoms with Crippen molar-refractivity contribution < 1.29 is 9.53 Å². The second kappa shape index (κ2) is 7.80. The van der Waals surface area contributed by atoms with Gasteiger partial charge in [0.2, 0.25) is 5.91 Å². The Morgan fingerprint density at radius 3 is 2.80 bits per heavy atom. The van der Waals surface area contributed by atoms with Crippen LogP contribution in [0.15, 0.2) is 35.7 Å². The van der Waals surface area contributed by atoms with Gasteiger partial charge < -0.3 is 10.1 Å². The number of aromatic nitrogens is 1. The minimum atomic E-state index is 0.00803. The van der Waals surface area contributed by atoms with E-state index in [9.17, 15) is 4.79 Å². The van der Waals surface area contributed by atoms with Crippen molar-refractivity contribution in [1.29, 1.82) is 0 Å². The van der Waals surface area contributed by atoms with Gasteiger partial charge in [0.25, 0.3) is 0 Å². The van der Waals surface area contributed by atoms with Gasteiger partial charge in [-0.05, 0) is 38.0 Å². The number of nitrogens with one attached hydrogen (secondary N) is 1. The van der Waals surface area contributed by atoms with Gasteiger partial charge in [0.15, 0.2) is 0 Å². The summed E-state index contributed by atoms with van der Waals surface area (Å²) >= 11 is 3.28. The number of benzene rings is 1. The number of para-hydroxylation sites is 1. The number of anilines is 1. The van der Waals surface area contributed by atoms with Crippen LogP contribution in [0, 0.1) is 13.8 Å². The molecule has 25 heavy (non-hydrogen) atoms. The van der Waals surface area contributed by atoms with E-state index in [0.717, 1.165) is 37.5 Å². The van der Waals surface area contributed by atoms with Gasteiger partial charge in [-0.25, -0.2) is 4.98 Å². The highest BCUT2D eigenvalue weighted by Crippen LogP contribution is 2.35. The van der Waals surface area contributed by atoms with Gasteiger partial charge in [-0.3, -0.25) is 4.79 Å². The maximum atomic E-state index is 12.3. The first-order valence-electron chi connectivity index (χ1n) is 8.01. The lowest BCUT2D eigenvalue weighted by Crippen LogP contribution is -2.12. The second-order valence-corrected chi connectivity index (χ2v) is 7.85. The highest BCUT2D eigenvalue weighted by Gasteiger charge is 2.13. The molecular formula is C19H20N2O2S2. The number of rotatable bonds is 6. The summed E-state index contributed by atoms with van der Waals surface area (Å²) in [6.07, 6.45) is 1.07. The summed E-state index contributed by atoms with van der Waals surface area (Å²) in [7, 11) is 1.65. The van der Waals surface area contributed by atoms with E-state index in [4.69, 9.17) is 4.74 Å². The highest BCUT2D eigenvalue weighted by atomic mass is 32.1. The van der Waals surface area contributed by atoms with E-state index in [-0.39, 0.29) is 5.91 Å². The van der Waals surface area contributed by atoms with Crippen LogP contribution in [-0.4, -0.2) is 18.0 Å². The SMILES string of the molecule is COc1ccccc1CCC(=O)Nc1cc(-c2nc(C)cs2)sc1C. The molecule has 1 aromatic carbocycles. The molecule has 0 aliphatic heterocycles. The third-order valence-corrected chi connectivity index (χ3v) is 6.02. The molecule has 0 bridgehead atoms. The molecule has 0 saturated heterocycles. The van der Waals surface area contributed by atoms with Crippen molar-refractivity contribution in [1.82, 2.24) is 4.98 Å². The van der Waals surface area contributed by atoms with E-state index < -0.39 is 0 Å². The lowest BCUT2D eigenvalue weighted by atomic mass is 10.1. The lowest BCUT2D eigenvalue weighted by molar-refractivity contribution is -0.116. The molecule has 0 aliphatic rings. The number of carbonyl (C=O) groups is 1. The maximum Gasteiger partial charge on any atom is 0.224 e. The number of hydrogen-bond acceptors (Lipinski definition) is 5. The molecule has 4 nitrogen and oxygen atoms in total. The molecule has 1 N–H and O–H groups in total. The van der Waals surface area contributed by atoms with E-state index in [1.54, 1.807) is 29.8 Å². The van der Waals surface area contributed by atoms with Crippen LogP contribution in [0.5, 0.6) is 5.75 Å². The standard InChI is InChI=1S/C19H20N2O2S2/c1-12-11-24-19(20-12)17-10-15(13(2)25-17)21-18(22)9-8-14-6-4-5-7-16(14)23-3/h4-7,10-11H,8-9H2,1-3H3,(H,21,22). The van der Waals surface area contributed by atoms with Crippen LogP contribution in [0.3, 0.4) is 0 Å². The van der Waals surface area contributed by atoms with Crippen LogP contribution in [0.25, 0.3) is 9.88 Å². The molecular weight excluding hydrogens is 352 g/mol. The van der Waals surface area contributed by atoms with Crippen LogP contribution in [0.2, 0.25) is 0 Å². The van der Waals surface area contributed by atoms with Crippen molar-refractivity contribution in [3.8, 4) is 15.6 Å². The summed E-state index contributed by atoms with van der Waals surface area (Å²) in [5.74, 6) is 0.831. The zero-order valence-electron chi connectivity index (χ0n) is 14.5.